The van der Waals surface area contributed by atoms with Crippen LogP contribution in [0.15, 0.2) is 18.3 Å². The van der Waals surface area contributed by atoms with Gasteiger partial charge in [-0.15, -0.1) is 0 Å². The maximum absolute atomic E-state index is 6.07. The summed E-state index contributed by atoms with van der Waals surface area (Å²) in [4.78, 5) is 4.08. The van der Waals surface area contributed by atoms with Crippen molar-refractivity contribution >= 4 is 5.82 Å². The van der Waals surface area contributed by atoms with Crippen molar-refractivity contribution in [2.45, 2.75) is 63.5 Å². The summed E-state index contributed by atoms with van der Waals surface area (Å²) in [6.07, 6.45) is 10.2. The summed E-state index contributed by atoms with van der Waals surface area (Å²) in [5.74, 6) is 0.593. The number of pyridine rings is 1. The maximum atomic E-state index is 6.07. The lowest BCUT2D eigenvalue weighted by molar-refractivity contribution is -0.0523. The molecule has 1 saturated carbocycles. The number of nitrogen functional groups attached to an aromatic ring is 1. The predicted molar refractivity (Wildman–Crippen MR) is 87.3 cm³/mol. The van der Waals surface area contributed by atoms with Gasteiger partial charge in [0.05, 0.1) is 5.60 Å². The molecule has 0 spiro atoms. The molecule has 0 radical (unpaired) electrons. The standard InChI is InChI=1S/C17H29N3O/c1-3-19-15(12-14-8-11-20-16(18)13-14)17(21-2)9-6-4-5-7-10-17/h8,11,13,15,19H,3-7,9-10,12H2,1-2H3,(H2,18,20). The Kier molecular flexibility index (Phi) is 6.00. The van der Waals surface area contributed by atoms with Crippen LogP contribution in [0.4, 0.5) is 5.82 Å². The zero-order valence-corrected chi connectivity index (χ0v) is 13.4. The Hall–Kier alpha value is -1.13. The molecule has 3 N–H and O–H groups in total. The second-order valence-electron chi connectivity index (χ2n) is 6.09. The van der Waals surface area contributed by atoms with Crippen molar-refractivity contribution in [3.05, 3.63) is 23.9 Å². The highest BCUT2D eigenvalue weighted by Crippen LogP contribution is 2.34. The molecule has 1 aromatic heterocycles. The Labute approximate surface area is 128 Å². The molecule has 0 saturated heterocycles. The number of ether oxygens (including phenoxy) is 1. The van der Waals surface area contributed by atoms with Crippen molar-refractivity contribution < 1.29 is 4.74 Å². The first kappa shape index (κ1) is 16.2. The third-order valence-corrected chi connectivity index (χ3v) is 4.73. The van der Waals surface area contributed by atoms with Crippen molar-refractivity contribution in [3.63, 3.8) is 0 Å². The van der Waals surface area contributed by atoms with E-state index in [1.54, 1.807) is 6.20 Å². The lowest BCUT2D eigenvalue weighted by Crippen LogP contribution is -2.53. The van der Waals surface area contributed by atoms with Crippen LogP contribution < -0.4 is 11.1 Å². The molecule has 1 aliphatic rings. The van der Waals surface area contributed by atoms with E-state index in [0.29, 0.717) is 11.9 Å². The average Bonchev–Trinajstić information content (AvgIpc) is 2.73. The van der Waals surface area contributed by atoms with Crippen LogP contribution >= 0.6 is 0 Å². The molecule has 0 aromatic carbocycles. The van der Waals surface area contributed by atoms with Gasteiger partial charge >= 0.3 is 0 Å². The van der Waals surface area contributed by atoms with Crippen molar-refractivity contribution in [3.8, 4) is 0 Å². The van der Waals surface area contributed by atoms with Gasteiger partial charge in [0.2, 0.25) is 0 Å². The van der Waals surface area contributed by atoms with Gasteiger partial charge in [-0.1, -0.05) is 32.6 Å². The average molecular weight is 291 g/mol. The molecular weight excluding hydrogens is 262 g/mol. The van der Waals surface area contributed by atoms with Crippen molar-refractivity contribution in [2.75, 3.05) is 19.4 Å². The summed E-state index contributed by atoms with van der Waals surface area (Å²) in [6, 6.07) is 4.36. The number of nitrogens with one attached hydrogen (secondary N) is 1. The third-order valence-electron chi connectivity index (χ3n) is 4.73. The number of anilines is 1. The minimum Gasteiger partial charge on any atom is -0.384 e. The molecule has 118 valence electrons. The van der Waals surface area contributed by atoms with Crippen molar-refractivity contribution in [2.24, 2.45) is 0 Å². The molecule has 0 bridgehead atoms. The first-order valence-electron chi connectivity index (χ1n) is 8.19. The van der Waals surface area contributed by atoms with Gasteiger partial charge < -0.3 is 15.8 Å². The van der Waals surface area contributed by atoms with E-state index in [0.717, 1.165) is 25.8 Å². The molecule has 1 heterocycles. The van der Waals surface area contributed by atoms with Crippen LogP contribution in [-0.2, 0) is 11.2 Å². The Morgan fingerprint density at radius 2 is 2.05 bits per heavy atom. The smallest absolute Gasteiger partial charge is 0.123 e. The molecule has 1 fully saturated rings. The summed E-state index contributed by atoms with van der Waals surface area (Å²) in [7, 11) is 1.87. The summed E-state index contributed by atoms with van der Waals surface area (Å²) in [5, 5.41) is 3.65. The number of likely N-dealkylation sites (N-methyl/N-ethyl adjacent to an activating group) is 1. The van der Waals surface area contributed by atoms with Gasteiger partial charge in [-0.3, -0.25) is 0 Å². The highest BCUT2D eigenvalue weighted by atomic mass is 16.5. The van der Waals surface area contributed by atoms with Crippen LogP contribution in [0.3, 0.4) is 0 Å². The SMILES string of the molecule is CCNC(Cc1ccnc(N)c1)C1(OC)CCCCCC1. The van der Waals surface area contributed by atoms with Crippen LogP contribution in [0.5, 0.6) is 0 Å². The number of hydrogen-bond donors (Lipinski definition) is 2. The van der Waals surface area contributed by atoms with Crippen molar-refractivity contribution in [1.82, 2.24) is 10.3 Å². The lowest BCUT2D eigenvalue weighted by atomic mass is 9.82. The number of nitrogens with zero attached hydrogens (tertiary/aromatic N) is 1. The van der Waals surface area contributed by atoms with E-state index >= 15 is 0 Å². The van der Waals surface area contributed by atoms with Gasteiger partial charge in [0.25, 0.3) is 0 Å². The number of rotatable bonds is 6. The first-order chi connectivity index (χ1) is 10.2. The summed E-state index contributed by atoms with van der Waals surface area (Å²) in [5.41, 5.74) is 6.99. The number of hydrogen-bond acceptors (Lipinski definition) is 4. The van der Waals surface area contributed by atoms with Gasteiger partial charge in [0, 0.05) is 19.3 Å². The molecule has 0 amide bonds. The van der Waals surface area contributed by atoms with E-state index in [-0.39, 0.29) is 5.60 Å². The summed E-state index contributed by atoms with van der Waals surface area (Å²) >= 11 is 0. The zero-order valence-electron chi connectivity index (χ0n) is 13.4. The van der Waals surface area contributed by atoms with Gasteiger partial charge in [0.15, 0.2) is 0 Å². The molecule has 2 rings (SSSR count). The van der Waals surface area contributed by atoms with Crippen LogP contribution in [0, 0.1) is 0 Å². The Bertz CT molecular complexity index is 428. The minimum absolute atomic E-state index is 0.0510. The van der Waals surface area contributed by atoms with Crippen LogP contribution in [0.25, 0.3) is 0 Å². The monoisotopic (exact) mass is 291 g/mol. The fourth-order valence-corrected chi connectivity index (χ4v) is 3.57. The molecular formula is C17H29N3O. The third kappa shape index (κ3) is 4.17. The summed E-state index contributed by atoms with van der Waals surface area (Å²) < 4.78 is 6.07. The van der Waals surface area contributed by atoms with E-state index in [4.69, 9.17) is 10.5 Å². The normalized spacial score (nSPS) is 19.9. The fraction of sp³-hybridized carbons (Fsp3) is 0.706. The molecule has 1 aliphatic carbocycles. The molecule has 21 heavy (non-hydrogen) atoms. The van der Waals surface area contributed by atoms with E-state index in [1.807, 2.05) is 13.2 Å². The Morgan fingerprint density at radius 1 is 1.33 bits per heavy atom. The van der Waals surface area contributed by atoms with E-state index in [9.17, 15) is 0 Å². The molecule has 1 unspecified atom stereocenters. The number of methoxy groups -OCH3 is 1. The van der Waals surface area contributed by atoms with Crippen LogP contribution in [0.2, 0.25) is 0 Å². The molecule has 1 aromatic rings. The van der Waals surface area contributed by atoms with Crippen LogP contribution in [-0.4, -0.2) is 30.3 Å². The second-order valence-corrected chi connectivity index (χ2v) is 6.09. The van der Waals surface area contributed by atoms with Gasteiger partial charge in [-0.05, 0) is 43.5 Å². The van der Waals surface area contributed by atoms with E-state index < -0.39 is 0 Å². The number of nitrogens with two attached hydrogens (primary N) is 1. The second kappa shape index (κ2) is 7.76. The Balaban J connectivity index is 2.18. The van der Waals surface area contributed by atoms with E-state index in [2.05, 4.69) is 23.3 Å². The lowest BCUT2D eigenvalue weighted by Gasteiger charge is -2.40. The predicted octanol–water partition coefficient (Wildman–Crippen LogP) is 2.92. The topological polar surface area (TPSA) is 60.2 Å². The fourth-order valence-electron chi connectivity index (χ4n) is 3.57. The molecule has 0 aliphatic heterocycles. The van der Waals surface area contributed by atoms with Gasteiger partial charge in [0.1, 0.15) is 5.82 Å². The molecule has 1 atom stereocenters. The molecule has 4 nitrogen and oxygen atoms in total. The summed E-state index contributed by atoms with van der Waals surface area (Å²) in [6.45, 7) is 3.12. The highest BCUT2D eigenvalue weighted by Gasteiger charge is 2.38. The molecule has 4 heteroatoms. The largest absolute Gasteiger partial charge is 0.384 e. The number of aromatic nitrogens is 1. The van der Waals surface area contributed by atoms with Gasteiger partial charge in [-0.25, -0.2) is 4.98 Å². The van der Waals surface area contributed by atoms with Gasteiger partial charge in [-0.2, -0.15) is 0 Å². The van der Waals surface area contributed by atoms with E-state index in [1.165, 1.54) is 31.2 Å². The zero-order chi connectivity index (χ0) is 15.1. The minimum atomic E-state index is -0.0510. The highest BCUT2D eigenvalue weighted by molar-refractivity contribution is 5.32. The first-order valence-corrected chi connectivity index (χ1v) is 8.19. The van der Waals surface area contributed by atoms with Crippen molar-refractivity contribution in [1.29, 1.82) is 0 Å². The Morgan fingerprint density at radius 3 is 2.62 bits per heavy atom. The maximum Gasteiger partial charge on any atom is 0.123 e. The van der Waals surface area contributed by atoms with Crippen LogP contribution in [0.1, 0.15) is 51.0 Å². The quantitative estimate of drug-likeness (QED) is 0.791.